The van der Waals surface area contributed by atoms with Crippen molar-refractivity contribution in [2.75, 3.05) is 17.7 Å². The van der Waals surface area contributed by atoms with Gasteiger partial charge in [-0.15, -0.1) is 5.10 Å². The van der Waals surface area contributed by atoms with E-state index in [9.17, 15) is 19.7 Å². The fraction of sp³-hybridized carbons (Fsp3) is 0.353. The standard InChI is InChI=1S/C17H21N9O5/c1-10-11(7-18-23(10)2)21-16(28)15-12(8-19-24(15)3)20-14(27)5-6-25-9-13(26(29)30)17(22-25)31-4/h7-9H,5-6H2,1-4H3,(H,20,27)(H,21,28). The Labute approximate surface area is 175 Å². The van der Waals surface area contributed by atoms with Gasteiger partial charge in [-0.05, 0) is 6.92 Å². The largest absolute Gasteiger partial charge is 0.475 e. The van der Waals surface area contributed by atoms with Gasteiger partial charge in [-0.25, -0.2) is 0 Å². The van der Waals surface area contributed by atoms with Gasteiger partial charge in [0.25, 0.3) is 5.91 Å². The lowest BCUT2D eigenvalue weighted by atomic mass is 10.3. The van der Waals surface area contributed by atoms with Gasteiger partial charge in [-0.3, -0.25) is 33.7 Å². The number of nitrogens with one attached hydrogen (secondary N) is 2. The molecule has 14 heteroatoms. The first-order valence-electron chi connectivity index (χ1n) is 9.09. The summed E-state index contributed by atoms with van der Waals surface area (Å²) in [5.74, 6) is -1.02. The first-order chi connectivity index (χ1) is 14.7. The fourth-order valence-corrected chi connectivity index (χ4v) is 2.81. The van der Waals surface area contributed by atoms with Crippen molar-refractivity contribution >= 4 is 28.9 Å². The quantitative estimate of drug-likeness (QED) is 0.391. The van der Waals surface area contributed by atoms with Gasteiger partial charge >= 0.3 is 11.6 Å². The number of aromatic nitrogens is 6. The van der Waals surface area contributed by atoms with Gasteiger partial charge in [0.2, 0.25) is 5.91 Å². The molecule has 0 aromatic carbocycles. The van der Waals surface area contributed by atoms with Gasteiger partial charge in [0, 0.05) is 20.5 Å². The van der Waals surface area contributed by atoms with Crippen LogP contribution in [-0.2, 0) is 25.4 Å². The molecule has 3 heterocycles. The zero-order chi connectivity index (χ0) is 22.7. The Morgan fingerprint density at radius 3 is 2.42 bits per heavy atom. The first-order valence-corrected chi connectivity index (χ1v) is 9.09. The van der Waals surface area contributed by atoms with Crippen LogP contribution in [0.2, 0.25) is 0 Å². The molecule has 0 aliphatic heterocycles. The average molecular weight is 431 g/mol. The van der Waals surface area contributed by atoms with Crippen LogP contribution < -0.4 is 15.4 Å². The topological polar surface area (TPSA) is 164 Å². The van der Waals surface area contributed by atoms with Crippen LogP contribution in [-0.4, -0.2) is 53.2 Å². The normalized spacial score (nSPS) is 10.7. The number of aryl methyl sites for hydroxylation is 3. The van der Waals surface area contributed by atoms with Crippen LogP contribution in [0.4, 0.5) is 17.1 Å². The third kappa shape index (κ3) is 4.52. The van der Waals surface area contributed by atoms with Crippen LogP contribution in [0, 0.1) is 17.0 Å². The summed E-state index contributed by atoms with van der Waals surface area (Å²) in [6, 6.07) is 0. The van der Waals surface area contributed by atoms with Gasteiger partial charge in [0.1, 0.15) is 11.9 Å². The minimum Gasteiger partial charge on any atom is -0.475 e. The van der Waals surface area contributed by atoms with E-state index in [0.717, 1.165) is 5.69 Å². The van der Waals surface area contributed by atoms with Crippen LogP contribution in [0.25, 0.3) is 0 Å². The SMILES string of the molecule is COc1nn(CCC(=O)Nc2cnn(C)c2C(=O)Nc2cnn(C)c2C)cc1[N+](=O)[O-]. The Bertz CT molecular complexity index is 1140. The van der Waals surface area contributed by atoms with Crippen LogP contribution in [0.3, 0.4) is 0 Å². The second kappa shape index (κ2) is 8.64. The van der Waals surface area contributed by atoms with Crippen molar-refractivity contribution in [3.63, 3.8) is 0 Å². The molecule has 0 spiro atoms. The second-order valence-electron chi connectivity index (χ2n) is 6.59. The third-order valence-electron chi connectivity index (χ3n) is 4.58. The van der Waals surface area contributed by atoms with E-state index in [1.54, 1.807) is 18.8 Å². The predicted molar refractivity (Wildman–Crippen MR) is 108 cm³/mol. The van der Waals surface area contributed by atoms with Crippen molar-refractivity contribution in [2.24, 2.45) is 14.1 Å². The highest BCUT2D eigenvalue weighted by Gasteiger charge is 2.22. The highest BCUT2D eigenvalue weighted by molar-refractivity contribution is 6.09. The molecule has 0 aliphatic rings. The lowest BCUT2D eigenvalue weighted by molar-refractivity contribution is -0.385. The number of carbonyl (C=O) groups is 2. The highest BCUT2D eigenvalue weighted by Crippen LogP contribution is 2.24. The molecule has 2 amide bonds. The molecule has 164 valence electrons. The average Bonchev–Trinajstić information content (AvgIpc) is 3.40. The number of rotatable bonds is 8. The summed E-state index contributed by atoms with van der Waals surface area (Å²) in [5, 5.41) is 28.4. The Hall–Kier alpha value is -4.23. The van der Waals surface area contributed by atoms with Crippen molar-refractivity contribution in [3.05, 3.63) is 40.1 Å². The molecule has 2 N–H and O–H groups in total. The monoisotopic (exact) mass is 431 g/mol. The number of hydrogen-bond donors (Lipinski definition) is 2. The number of ether oxygens (including phenoxy) is 1. The number of nitrogens with zero attached hydrogens (tertiary/aromatic N) is 7. The van der Waals surface area contributed by atoms with Crippen LogP contribution in [0.15, 0.2) is 18.6 Å². The Morgan fingerprint density at radius 2 is 1.84 bits per heavy atom. The summed E-state index contributed by atoms with van der Waals surface area (Å²) in [5.41, 5.74) is 1.41. The van der Waals surface area contributed by atoms with Crippen LogP contribution in [0.5, 0.6) is 5.88 Å². The molecule has 0 aliphatic carbocycles. The molecule has 0 unspecified atom stereocenters. The van der Waals surface area contributed by atoms with Gasteiger partial charge in [0.05, 0.1) is 48.0 Å². The zero-order valence-electron chi connectivity index (χ0n) is 17.3. The van der Waals surface area contributed by atoms with Crippen LogP contribution in [0.1, 0.15) is 22.6 Å². The number of amides is 2. The van der Waals surface area contributed by atoms with Gasteiger partial charge in [0.15, 0.2) is 0 Å². The lowest BCUT2D eigenvalue weighted by Gasteiger charge is -2.09. The third-order valence-corrected chi connectivity index (χ3v) is 4.58. The molecule has 3 rings (SSSR count). The summed E-state index contributed by atoms with van der Waals surface area (Å²) in [7, 11) is 4.61. The molecule has 3 aromatic heterocycles. The van der Waals surface area contributed by atoms with E-state index in [2.05, 4.69) is 25.9 Å². The second-order valence-corrected chi connectivity index (χ2v) is 6.59. The fourth-order valence-electron chi connectivity index (χ4n) is 2.81. The van der Waals surface area contributed by atoms with Gasteiger partial charge < -0.3 is 15.4 Å². The first kappa shape index (κ1) is 21.5. The van der Waals surface area contributed by atoms with Crippen molar-refractivity contribution in [3.8, 4) is 5.88 Å². The van der Waals surface area contributed by atoms with E-state index in [0.29, 0.717) is 5.69 Å². The minimum atomic E-state index is -0.618. The lowest BCUT2D eigenvalue weighted by Crippen LogP contribution is -2.21. The molecule has 0 saturated heterocycles. The maximum atomic E-state index is 12.7. The van der Waals surface area contributed by atoms with E-state index < -0.39 is 16.7 Å². The summed E-state index contributed by atoms with van der Waals surface area (Å²) < 4.78 is 9.07. The molecule has 0 bridgehead atoms. The van der Waals surface area contributed by atoms with Gasteiger partial charge in [-0.1, -0.05) is 0 Å². The molecule has 0 radical (unpaired) electrons. The Balaban J connectivity index is 1.66. The van der Waals surface area contributed by atoms with Crippen molar-refractivity contribution in [1.82, 2.24) is 29.3 Å². The van der Waals surface area contributed by atoms with E-state index in [-0.39, 0.29) is 35.9 Å². The number of anilines is 2. The van der Waals surface area contributed by atoms with Gasteiger partial charge in [-0.2, -0.15) is 10.2 Å². The van der Waals surface area contributed by atoms with E-state index in [4.69, 9.17) is 4.74 Å². The maximum Gasteiger partial charge on any atom is 0.350 e. The smallest absolute Gasteiger partial charge is 0.350 e. The zero-order valence-corrected chi connectivity index (χ0v) is 17.3. The maximum absolute atomic E-state index is 12.7. The summed E-state index contributed by atoms with van der Waals surface area (Å²) >= 11 is 0. The Kier molecular flexibility index (Phi) is 5.99. The minimum absolute atomic E-state index is 0.0420. The predicted octanol–water partition coefficient (Wildman–Crippen LogP) is 0.856. The highest BCUT2D eigenvalue weighted by atomic mass is 16.6. The molecule has 14 nitrogen and oxygen atoms in total. The molecule has 0 atom stereocenters. The molecule has 0 saturated carbocycles. The van der Waals surface area contributed by atoms with E-state index in [1.165, 1.54) is 35.1 Å². The van der Waals surface area contributed by atoms with Crippen LogP contribution >= 0.6 is 0 Å². The van der Waals surface area contributed by atoms with Crippen molar-refractivity contribution < 1.29 is 19.2 Å². The summed E-state index contributed by atoms with van der Waals surface area (Å²) in [6.45, 7) is 1.88. The summed E-state index contributed by atoms with van der Waals surface area (Å²) in [6.07, 6.45) is 4.04. The van der Waals surface area contributed by atoms with E-state index in [1.807, 2.05) is 6.92 Å². The molecule has 0 fully saturated rings. The van der Waals surface area contributed by atoms with Crippen molar-refractivity contribution in [2.45, 2.75) is 19.9 Å². The Morgan fingerprint density at radius 1 is 1.16 bits per heavy atom. The number of nitro groups is 1. The molecule has 31 heavy (non-hydrogen) atoms. The molecular weight excluding hydrogens is 410 g/mol. The number of methoxy groups -OCH3 is 1. The van der Waals surface area contributed by atoms with Crippen molar-refractivity contribution in [1.29, 1.82) is 0 Å². The number of carbonyl (C=O) groups excluding carboxylic acids is 2. The molecule has 3 aromatic rings. The molecular formula is C17H21N9O5. The number of hydrogen-bond acceptors (Lipinski definition) is 8. The van der Waals surface area contributed by atoms with E-state index >= 15 is 0 Å². The summed E-state index contributed by atoms with van der Waals surface area (Å²) in [4.78, 5) is 35.5.